The van der Waals surface area contributed by atoms with E-state index in [2.05, 4.69) is 13.8 Å². The molecular formula is C16H26BF3O2. The fraction of sp³-hybridized carbons (Fsp3) is 1.00. The van der Waals surface area contributed by atoms with Gasteiger partial charge >= 0.3 is 13.3 Å². The van der Waals surface area contributed by atoms with E-state index in [9.17, 15) is 13.2 Å². The molecule has 0 aromatic heterocycles. The lowest BCUT2D eigenvalue weighted by Gasteiger charge is -2.64. The third-order valence-electron chi connectivity index (χ3n) is 6.44. The van der Waals surface area contributed by atoms with Crippen molar-refractivity contribution in [3.63, 3.8) is 0 Å². The van der Waals surface area contributed by atoms with Crippen LogP contribution < -0.4 is 0 Å². The Morgan fingerprint density at radius 2 is 1.82 bits per heavy atom. The molecule has 0 aromatic carbocycles. The first-order valence-corrected chi connectivity index (χ1v) is 8.36. The van der Waals surface area contributed by atoms with Crippen molar-refractivity contribution in [3.8, 4) is 0 Å². The van der Waals surface area contributed by atoms with Crippen molar-refractivity contribution in [1.82, 2.24) is 0 Å². The smallest absolute Gasteiger partial charge is 0.405 e. The third-order valence-corrected chi connectivity index (χ3v) is 6.44. The summed E-state index contributed by atoms with van der Waals surface area (Å²) < 4.78 is 52.1. The quantitative estimate of drug-likeness (QED) is 0.703. The van der Waals surface area contributed by atoms with Gasteiger partial charge in [0, 0.05) is 0 Å². The molecule has 1 saturated heterocycles. The first-order chi connectivity index (χ1) is 9.96. The van der Waals surface area contributed by atoms with E-state index >= 15 is 0 Å². The van der Waals surface area contributed by atoms with Crippen LogP contribution in [0, 0.1) is 23.2 Å². The Bertz CT molecular complexity index is 451. The summed E-state index contributed by atoms with van der Waals surface area (Å²) in [6.45, 7) is 9.99. The maximum atomic E-state index is 13.4. The molecule has 1 unspecified atom stereocenters. The highest BCUT2D eigenvalue weighted by Crippen LogP contribution is 2.66. The molecule has 0 amide bonds. The van der Waals surface area contributed by atoms with E-state index < -0.39 is 24.7 Å². The summed E-state index contributed by atoms with van der Waals surface area (Å²) in [6, 6.07) is 0. The minimum absolute atomic E-state index is 0.0422. The van der Waals surface area contributed by atoms with Crippen molar-refractivity contribution in [2.24, 2.45) is 23.2 Å². The topological polar surface area (TPSA) is 18.5 Å². The lowest BCUT2D eigenvalue weighted by molar-refractivity contribution is -0.200. The Balaban J connectivity index is 1.81. The maximum absolute atomic E-state index is 13.4. The fourth-order valence-corrected chi connectivity index (χ4v) is 4.98. The van der Waals surface area contributed by atoms with E-state index in [1.165, 1.54) is 0 Å². The molecule has 0 N–H and O–H groups in total. The zero-order valence-electron chi connectivity index (χ0n) is 14.0. The molecule has 4 fully saturated rings. The summed E-state index contributed by atoms with van der Waals surface area (Å²) in [5, 5.41) is 0. The Kier molecular flexibility index (Phi) is 3.69. The average molecular weight is 318 g/mol. The summed E-state index contributed by atoms with van der Waals surface area (Å²) >= 11 is 0. The van der Waals surface area contributed by atoms with Crippen LogP contribution in [0.2, 0.25) is 5.82 Å². The molecular weight excluding hydrogens is 292 g/mol. The molecule has 5 atom stereocenters. The van der Waals surface area contributed by atoms with Crippen LogP contribution in [-0.2, 0) is 9.31 Å². The number of halogens is 3. The lowest BCUT2D eigenvalue weighted by atomic mass is 9.43. The standard InChI is InChI=1S/C16H26BF3O2/c1-9(2)6-12(16(18,19)20)17-21-13-8-10-7-11(14(10,3)4)15(13,5)22-17/h9-13H,6-8H2,1-5H3/t10?,11-,12+,13-,15+/m0/s1. The Morgan fingerprint density at radius 3 is 2.32 bits per heavy atom. The second-order valence-electron chi connectivity index (χ2n) is 8.61. The molecule has 0 spiro atoms. The highest BCUT2D eigenvalue weighted by molar-refractivity contribution is 6.47. The van der Waals surface area contributed by atoms with Crippen molar-refractivity contribution in [2.75, 3.05) is 0 Å². The lowest BCUT2D eigenvalue weighted by Crippen LogP contribution is -2.65. The van der Waals surface area contributed by atoms with Gasteiger partial charge in [0.05, 0.1) is 17.5 Å². The first-order valence-electron chi connectivity index (χ1n) is 8.36. The largest absolute Gasteiger partial charge is 0.470 e. The molecule has 126 valence electrons. The molecule has 6 heteroatoms. The van der Waals surface area contributed by atoms with E-state index in [0.717, 1.165) is 12.8 Å². The Morgan fingerprint density at radius 1 is 1.18 bits per heavy atom. The summed E-state index contributed by atoms with van der Waals surface area (Å²) in [7, 11) is -1.15. The van der Waals surface area contributed by atoms with Crippen LogP contribution in [0.1, 0.15) is 53.9 Å². The van der Waals surface area contributed by atoms with Crippen LogP contribution in [0.3, 0.4) is 0 Å². The summed E-state index contributed by atoms with van der Waals surface area (Å²) in [4.78, 5) is 0. The molecule has 2 bridgehead atoms. The van der Waals surface area contributed by atoms with Crippen molar-refractivity contribution in [2.45, 2.75) is 77.6 Å². The highest BCUT2D eigenvalue weighted by atomic mass is 19.4. The van der Waals surface area contributed by atoms with Gasteiger partial charge in [-0.25, -0.2) is 0 Å². The molecule has 3 saturated carbocycles. The van der Waals surface area contributed by atoms with Crippen LogP contribution in [0.5, 0.6) is 0 Å². The van der Waals surface area contributed by atoms with Crippen LogP contribution in [0.15, 0.2) is 0 Å². The summed E-state index contributed by atoms with van der Waals surface area (Å²) in [5.74, 6) is -0.733. The monoisotopic (exact) mass is 318 g/mol. The number of rotatable bonds is 3. The molecule has 1 aliphatic heterocycles. The molecule has 1 heterocycles. The van der Waals surface area contributed by atoms with Gasteiger partial charge in [-0.05, 0) is 49.4 Å². The van der Waals surface area contributed by atoms with Crippen LogP contribution >= 0.6 is 0 Å². The number of hydrogen-bond donors (Lipinski definition) is 0. The predicted octanol–water partition coefficient (Wildman–Crippen LogP) is 4.69. The van der Waals surface area contributed by atoms with Crippen LogP contribution in [-0.4, -0.2) is 25.0 Å². The molecule has 2 nitrogen and oxygen atoms in total. The van der Waals surface area contributed by atoms with E-state index in [-0.39, 0.29) is 23.9 Å². The number of hydrogen-bond acceptors (Lipinski definition) is 2. The SMILES string of the molecule is CC(C)C[C@@H](B1O[C@H]2CC3C[C@@H](C3(C)C)[C@@]2(C)O1)C(F)(F)F. The van der Waals surface area contributed by atoms with Gasteiger partial charge in [-0.3, -0.25) is 0 Å². The fourth-order valence-electron chi connectivity index (χ4n) is 4.98. The highest BCUT2D eigenvalue weighted by Gasteiger charge is 2.69. The normalized spacial score (nSPS) is 41.3. The number of alkyl halides is 3. The van der Waals surface area contributed by atoms with Gasteiger partial charge in [-0.2, -0.15) is 13.2 Å². The minimum Gasteiger partial charge on any atom is -0.405 e. The van der Waals surface area contributed by atoms with Crippen molar-refractivity contribution in [3.05, 3.63) is 0 Å². The zero-order chi connectivity index (χ0) is 16.5. The van der Waals surface area contributed by atoms with Crippen molar-refractivity contribution >= 4 is 7.12 Å². The Hall–Kier alpha value is -0.225. The molecule has 0 radical (unpaired) electrons. The van der Waals surface area contributed by atoms with Gasteiger partial charge < -0.3 is 9.31 Å². The first kappa shape index (κ1) is 16.6. The maximum Gasteiger partial charge on any atom is 0.470 e. The predicted molar refractivity (Wildman–Crippen MR) is 79.4 cm³/mol. The van der Waals surface area contributed by atoms with Crippen molar-refractivity contribution < 1.29 is 22.5 Å². The Labute approximate surface area is 131 Å². The summed E-state index contributed by atoms with van der Waals surface area (Å²) in [5.41, 5.74) is -0.418. The molecule has 4 rings (SSSR count). The molecule has 4 aliphatic rings. The third kappa shape index (κ3) is 2.32. The van der Waals surface area contributed by atoms with Gasteiger partial charge in [0.25, 0.3) is 0 Å². The average Bonchev–Trinajstić information content (AvgIpc) is 2.70. The van der Waals surface area contributed by atoms with Crippen LogP contribution in [0.4, 0.5) is 13.2 Å². The zero-order valence-corrected chi connectivity index (χ0v) is 14.0. The minimum atomic E-state index is -4.28. The van der Waals surface area contributed by atoms with Gasteiger partial charge in [-0.1, -0.05) is 27.7 Å². The van der Waals surface area contributed by atoms with Crippen LogP contribution in [0.25, 0.3) is 0 Å². The van der Waals surface area contributed by atoms with Gasteiger partial charge in [0.1, 0.15) is 0 Å². The van der Waals surface area contributed by atoms with Gasteiger partial charge in [-0.15, -0.1) is 0 Å². The van der Waals surface area contributed by atoms with E-state index in [0.29, 0.717) is 11.8 Å². The molecule has 3 aliphatic carbocycles. The van der Waals surface area contributed by atoms with Gasteiger partial charge in [0.2, 0.25) is 0 Å². The van der Waals surface area contributed by atoms with E-state index in [4.69, 9.17) is 9.31 Å². The van der Waals surface area contributed by atoms with Gasteiger partial charge in [0.15, 0.2) is 0 Å². The summed E-state index contributed by atoms with van der Waals surface area (Å²) in [6.07, 6.45) is -2.54. The molecule has 22 heavy (non-hydrogen) atoms. The van der Waals surface area contributed by atoms with E-state index in [1.54, 1.807) is 0 Å². The molecule has 0 aromatic rings. The second kappa shape index (κ2) is 4.89. The second-order valence-corrected chi connectivity index (χ2v) is 8.61. The van der Waals surface area contributed by atoms with Crippen molar-refractivity contribution in [1.29, 1.82) is 0 Å². The van der Waals surface area contributed by atoms with E-state index in [1.807, 2.05) is 20.8 Å².